The van der Waals surface area contributed by atoms with Crippen molar-refractivity contribution in [1.29, 1.82) is 0 Å². The number of carbonyl (C=O) groups excluding carboxylic acids is 1. The number of nitrogens with one attached hydrogen (secondary N) is 3. The largest absolute Gasteiger partial charge is 0.335 e. The van der Waals surface area contributed by atoms with Crippen LogP contribution in [0, 0.1) is 5.82 Å². The zero-order valence-electron chi connectivity index (χ0n) is 21.5. The molecule has 0 aliphatic carbocycles. The maximum atomic E-state index is 15.3. The van der Waals surface area contributed by atoms with Crippen LogP contribution in [0.15, 0.2) is 97.6 Å². The quantitative estimate of drug-likeness (QED) is 0.240. The van der Waals surface area contributed by atoms with E-state index in [1.807, 2.05) is 54.6 Å². The summed E-state index contributed by atoms with van der Waals surface area (Å²) in [7, 11) is 0. The van der Waals surface area contributed by atoms with Crippen molar-refractivity contribution in [3.63, 3.8) is 0 Å². The lowest BCUT2D eigenvalue weighted by Gasteiger charge is -2.09. The normalized spacial score (nSPS) is 11.2. The van der Waals surface area contributed by atoms with E-state index in [0.717, 1.165) is 22.3 Å². The number of amides is 1. The number of carbonyl (C=O) groups is 1. The van der Waals surface area contributed by atoms with Gasteiger partial charge in [0.15, 0.2) is 11.5 Å². The van der Waals surface area contributed by atoms with Gasteiger partial charge in [-0.25, -0.2) is 14.4 Å². The molecule has 0 radical (unpaired) electrons. The molecule has 7 rings (SSSR count). The summed E-state index contributed by atoms with van der Waals surface area (Å²) in [5, 5.41) is 10.9. The summed E-state index contributed by atoms with van der Waals surface area (Å²) >= 11 is 0. The van der Waals surface area contributed by atoms with Gasteiger partial charge >= 0.3 is 0 Å². The minimum absolute atomic E-state index is 0.188. The number of anilines is 1. The molecule has 0 atom stereocenters. The third-order valence-electron chi connectivity index (χ3n) is 6.75. The number of hydrogen-bond donors (Lipinski definition) is 3. The second-order valence-corrected chi connectivity index (χ2v) is 9.48. The molecule has 5 heterocycles. The van der Waals surface area contributed by atoms with E-state index in [-0.39, 0.29) is 12.3 Å². The zero-order chi connectivity index (χ0) is 27.8. The summed E-state index contributed by atoms with van der Waals surface area (Å²) in [6.45, 7) is 0. The highest BCUT2D eigenvalue weighted by Gasteiger charge is 2.19. The molecule has 0 aliphatic rings. The van der Waals surface area contributed by atoms with Crippen LogP contribution in [0.2, 0.25) is 0 Å². The third-order valence-corrected chi connectivity index (χ3v) is 6.75. The molecule has 0 fully saturated rings. The fourth-order valence-corrected chi connectivity index (χ4v) is 4.84. The van der Waals surface area contributed by atoms with Crippen molar-refractivity contribution in [3.05, 3.63) is 109 Å². The summed E-state index contributed by atoms with van der Waals surface area (Å²) in [5.41, 5.74) is 6.12. The predicted molar refractivity (Wildman–Crippen MR) is 154 cm³/mol. The Morgan fingerprint density at radius 2 is 1.78 bits per heavy atom. The minimum atomic E-state index is -0.453. The van der Waals surface area contributed by atoms with Crippen molar-refractivity contribution in [2.24, 2.45) is 0 Å². The van der Waals surface area contributed by atoms with E-state index in [4.69, 9.17) is 0 Å². The number of aromatic nitrogens is 7. The lowest BCUT2D eigenvalue weighted by atomic mass is 10.0. The Morgan fingerprint density at radius 1 is 0.902 bits per heavy atom. The van der Waals surface area contributed by atoms with E-state index < -0.39 is 5.82 Å². The van der Waals surface area contributed by atoms with Crippen LogP contribution in [0.3, 0.4) is 0 Å². The molecular formula is C31H21FN8O. The molecule has 0 bridgehead atoms. The van der Waals surface area contributed by atoms with Gasteiger partial charge < -0.3 is 10.3 Å². The van der Waals surface area contributed by atoms with Crippen molar-refractivity contribution < 1.29 is 9.18 Å². The number of aromatic amines is 2. The Labute approximate surface area is 232 Å². The summed E-state index contributed by atoms with van der Waals surface area (Å²) in [4.78, 5) is 33.7. The molecule has 5 aromatic heterocycles. The number of halogens is 1. The van der Waals surface area contributed by atoms with Gasteiger partial charge in [-0.2, -0.15) is 5.10 Å². The van der Waals surface area contributed by atoms with Crippen molar-refractivity contribution in [3.8, 4) is 33.9 Å². The number of imidazole rings is 1. The Balaban J connectivity index is 1.24. The molecule has 3 N–H and O–H groups in total. The molecule has 7 aromatic rings. The Kier molecular flexibility index (Phi) is 5.97. The topological polar surface area (TPSA) is 125 Å². The molecule has 0 saturated heterocycles. The lowest BCUT2D eigenvalue weighted by molar-refractivity contribution is -0.115. The Bertz CT molecular complexity index is 2040. The number of pyridine rings is 3. The van der Waals surface area contributed by atoms with Gasteiger partial charge in [0.25, 0.3) is 0 Å². The number of nitrogens with zero attached hydrogens (tertiary/aromatic N) is 5. The molecule has 41 heavy (non-hydrogen) atoms. The molecular weight excluding hydrogens is 519 g/mol. The molecule has 2 aromatic carbocycles. The van der Waals surface area contributed by atoms with Crippen LogP contribution in [0.1, 0.15) is 5.56 Å². The molecule has 10 heteroatoms. The van der Waals surface area contributed by atoms with E-state index in [1.165, 1.54) is 12.3 Å². The predicted octanol–water partition coefficient (Wildman–Crippen LogP) is 5.95. The average molecular weight is 541 g/mol. The molecule has 198 valence electrons. The maximum Gasteiger partial charge on any atom is 0.228 e. The van der Waals surface area contributed by atoms with E-state index in [1.54, 1.807) is 30.7 Å². The van der Waals surface area contributed by atoms with Crippen LogP contribution in [-0.2, 0) is 11.2 Å². The first kappa shape index (κ1) is 24.3. The molecule has 0 aliphatic heterocycles. The fourth-order valence-electron chi connectivity index (χ4n) is 4.84. The summed E-state index contributed by atoms with van der Waals surface area (Å²) in [5.74, 6) is -0.155. The van der Waals surface area contributed by atoms with Crippen LogP contribution >= 0.6 is 0 Å². The minimum Gasteiger partial charge on any atom is -0.335 e. The number of hydrogen-bond acceptors (Lipinski definition) is 6. The molecule has 0 spiro atoms. The molecule has 1 amide bonds. The molecule has 0 saturated carbocycles. The van der Waals surface area contributed by atoms with Gasteiger partial charge in [-0.15, -0.1) is 0 Å². The van der Waals surface area contributed by atoms with Crippen LogP contribution in [0.25, 0.3) is 56.0 Å². The summed E-state index contributed by atoms with van der Waals surface area (Å²) in [6, 6.07) is 21.8. The highest BCUT2D eigenvalue weighted by atomic mass is 19.1. The standard InChI is InChI=1S/C31H21FN8O/c32-24-15-26-23(14-22(24)19-13-20(17-33-16-19)36-27(41)12-18-6-2-1-3-7-18)29(40-39-26)31-37-28-21(9-11-35-30(28)38-31)25-8-4-5-10-34-25/h1-11,13-17H,12H2,(H,36,41)(H,39,40)(H,35,37,38). The van der Waals surface area contributed by atoms with Gasteiger partial charge in [-0.1, -0.05) is 36.4 Å². The highest BCUT2D eigenvalue weighted by Crippen LogP contribution is 2.34. The van der Waals surface area contributed by atoms with Crippen molar-refractivity contribution in [1.82, 2.24) is 35.1 Å². The number of fused-ring (bicyclic) bond motifs is 2. The number of H-pyrrole nitrogens is 2. The Hall–Kier alpha value is -5.77. The van der Waals surface area contributed by atoms with Crippen LogP contribution in [0.5, 0.6) is 0 Å². The third kappa shape index (κ3) is 4.67. The monoisotopic (exact) mass is 540 g/mol. The van der Waals surface area contributed by atoms with Gasteiger partial charge in [0, 0.05) is 46.7 Å². The number of rotatable bonds is 6. The van der Waals surface area contributed by atoms with Crippen molar-refractivity contribution in [2.75, 3.05) is 5.32 Å². The first-order valence-electron chi connectivity index (χ1n) is 12.9. The molecule has 9 nitrogen and oxygen atoms in total. The van der Waals surface area contributed by atoms with Crippen molar-refractivity contribution in [2.45, 2.75) is 6.42 Å². The van der Waals surface area contributed by atoms with Crippen LogP contribution < -0.4 is 5.32 Å². The lowest BCUT2D eigenvalue weighted by Crippen LogP contribution is -2.14. The Morgan fingerprint density at radius 3 is 2.63 bits per heavy atom. The zero-order valence-corrected chi connectivity index (χ0v) is 21.5. The first-order chi connectivity index (χ1) is 20.1. The fraction of sp³-hybridized carbons (Fsp3) is 0.0323. The summed E-state index contributed by atoms with van der Waals surface area (Å²) < 4.78 is 15.3. The van der Waals surface area contributed by atoms with Gasteiger partial charge in [-0.3, -0.25) is 19.9 Å². The average Bonchev–Trinajstić information content (AvgIpc) is 3.61. The van der Waals surface area contributed by atoms with Gasteiger partial charge in [0.2, 0.25) is 5.91 Å². The van der Waals surface area contributed by atoms with Crippen LogP contribution in [-0.4, -0.2) is 41.0 Å². The smallest absolute Gasteiger partial charge is 0.228 e. The van der Waals surface area contributed by atoms with Gasteiger partial charge in [-0.05, 0) is 35.9 Å². The van der Waals surface area contributed by atoms with Gasteiger partial charge in [0.05, 0.1) is 35.0 Å². The van der Waals surface area contributed by atoms with Crippen LogP contribution in [0.4, 0.5) is 10.1 Å². The van der Waals surface area contributed by atoms with E-state index >= 15 is 4.39 Å². The van der Waals surface area contributed by atoms with Crippen molar-refractivity contribution >= 4 is 33.7 Å². The SMILES string of the molecule is O=C(Cc1ccccc1)Nc1cncc(-c2cc3c(-c4nc5nccc(-c6ccccn6)c5[nH]4)n[nH]c3cc2F)c1. The first-order valence-corrected chi connectivity index (χ1v) is 12.9. The highest BCUT2D eigenvalue weighted by molar-refractivity contribution is 5.98. The van der Waals surface area contributed by atoms with E-state index in [9.17, 15) is 4.79 Å². The summed E-state index contributed by atoms with van der Waals surface area (Å²) in [6.07, 6.45) is 6.73. The molecule has 0 unspecified atom stereocenters. The van der Waals surface area contributed by atoms with Gasteiger partial charge in [0.1, 0.15) is 11.5 Å². The maximum absolute atomic E-state index is 15.3. The second kappa shape index (κ2) is 10.1. The second-order valence-electron chi connectivity index (χ2n) is 9.48. The number of benzene rings is 2. The van der Waals surface area contributed by atoms with E-state index in [0.29, 0.717) is 44.9 Å². The van der Waals surface area contributed by atoms with E-state index in [2.05, 4.69) is 40.4 Å².